The first-order valence-corrected chi connectivity index (χ1v) is 5.50. The number of halogens is 2. The molecule has 0 aliphatic rings. The van der Waals surface area contributed by atoms with Gasteiger partial charge in [-0.3, -0.25) is 0 Å². The van der Waals surface area contributed by atoms with E-state index in [1.807, 2.05) is 12.1 Å². The van der Waals surface area contributed by atoms with Gasteiger partial charge in [0, 0.05) is 25.2 Å². The highest BCUT2D eigenvalue weighted by atomic mass is 127. The normalized spacial score (nSPS) is 10.1. The number of anilines is 1. The number of aromatic nitrogens is 1. The van der Waals surface area contributed by atoms with Crippen LogP contribution in [-0.4, -0.2) is 14.1 Å². The maximum Gasteiger partial charge on any atom is 0.230 e. The smallest absolute Gasteiger partial charge is 0.230 e. The van der Waals surface area contributed by atoms with Crippen LogP contribution >= 0.6 is 23.1 Å². The van der Waals surface area contributed by atoms with E-state index in [0.717, 1.165) is 5.02 Å². The van der Waals surface area contributed by atoms with Crippen LogP contribution in [0, 0.1) is 0 Å². The Balaban J connectivity index is 0.00000112. The monoisotopic (exact) mass is 354 g/mol. The van der Waals surface area contributed by atoms with Gasteiger partial charge >= 0.3 is 0 Å². The van der Waals surface area contributed by atoms with E-state index in [4.69, 9.17) is 11.6 Å². The summed E-state index contributed by atoms with van der Waals surface area (Å²) in [5, 5.41) is 3.31. The van der Waals surface area contributed by atoms with Gasteiger partial charge in [0.05, 0.1) is 5.39 Å². The Morgan fingerprint density at radius 3 is 2.60 bits per heavy atom. The van der Waals surface area contributed by atoms with Crippen molar-refractivity contribution in [1.29, 1.82) is 0 Å². The molecule has 0 N–H and O–H groups in total. The van der Waals surface area contributed by atoms with E-state index in [1.54, 1.807) is 11.5 Å². The van der Waals surface area contributed by atoms with E-state index in [2.05, 4.69) is 36.1 Å². The van der Waals surface area contributed by atoms with Crippen molar-refractivity contribution in [1.82, 2.24) is 0 Å². The molecule has 0 atom stereocenters. The summed E-state index contributed by atoms with van der Waals surface area (Å²) in [6.07, 6.45) is 0. The molecule has 1 aromatic carbocycles. The summed E-state index contributed by atoms with van der Waals surface area (Å²) >= 11 is 7.69. The zero-order valence-electron chi connectivity index (χ0n) is 8.79. The molecular weight excluding hydrogens is 343 g/mol. The Labute approximate surface area is 116 Å². The summed E-state index contributed by atoms with van der Waals surface area (Å²) in [6, 6.07) is 6.01. The lowest BCUT2D eigenvalue weighted by atomic mass is 10.2. The van der Waals surface area contributed by atoms with Crippen LogP contribution in [-0.2, 0) is 7.05 Å². The molecule has 1 heterocycles. The van der Waals surface area contributed by atoms with Crippen molar-refractivity contribution >= 4 is 39.0 Å². The maximum atomic E-state index is 5.96. The second-order valence-corrected chi connectivity index (χ2v) is 5.00. The average Bonchev–Trinajstić information content (AvgIpc) is 2.44. The summed E-state index contributed by atoms with van der Waals surface area (Å²) in [5.74, 6) is 0. The minimum Gasteiger partial charge on any atom is -1.00 e. The van der Waals surface area contributed by atoms with Crippen LogP contribution in [0.4, 0.5) is 5.00 Å². The fourth-order valence-corrected chi connectivity index (χ4v) is 2.61. The van der Waals surface area contributed by atoms with E-state index in [1.165, 1.54) is 15.9 Å². The van der Waals surface area contributed by atoms with Crippen molar-refractivity contribution in [3.63, 3.8) is 0 Å². The van der Waals surface area contributed by atoms with Gasteiger partial charge in [0.15, 0.2) is 23.6 Å². The maximum absolute atomic E-state index is 5.96. The molecule has 0 aliphatic heterocycles. The molecule has 0 aliphatic carbocycles. The van der Waals surface area contributed by atoms with Gasteiger partial charge in [-0.15, -0.1) is 3.96 Å². The predicted octanol–water partition coefficient (Wildman–Crippen LogP) is -0.551. The van der Waals surface area contributed by atoms with E-state index >= 15 is 0 Å². The van der Waals surface area contributed by atoms with Crippen molar-refractivity contribution in [2.24, 2.45) is 7.05 Å². The van der Waals surface area contributed by atoms with E-state index in [-0.39, 0.29) is 24.0 Å². The van der Waals surface area contributed by atoms with Gasteiger partial charge in [0.2, 0.25) is 5.52 Å². The molecule has 5 heteroatoms. The quantitative estimate of drug-likeness (QED) is 0.492. The van der Waals surface area contributed by atoms with Gasteiger partial charge in [0.1, 0.15) is 0 Å². The minimum absolute atomic E-state index is 0. The van der Waals surface area contributed by atoms with E-state index in [0.29, 0.717) is 0 Å². The molecule has 0 unspecified atom stereocenters. The first kappa shape index (κ1) is 13.0. The Morgan fingerprint density at radius 2 is 2.00 bits per heavy atom. The number of nitrogens with zero attached hydrogens (tertiary/aromatic N) is 2. The predicted molar refractivity (Wildman–Crippen MR) is 62.3 cm³/mol. The van der Waals surface area contributed by atoms with Crippen LogP contribution in [0.1, 0.15) is 0 Å². The molecular formula is C10H12ClIN2S. The number of benzene rings is 1. The third-order valence-corrected chi connectivity index (χ3v) is 3.62. The molecule has 15 heavy (non-hydrogen) atoms. The Morgan fingerprint density at radius 1 is 1.33 bits per heavy atom. The van der Waals surface area contributed by atoms with Crippen LogP contribution in [0.3, 0.4) is 0 Å². The van der Waals surface area contributed by atoms with Gasteiger partial charge in [-0.1, -0.05) is 11.6 Å². The molecule has 1 aromatic heterocycles. The van der Waals surface area contributed by atoms with Crippen molar-refractivity contribution in [3.8, 4) is 0 Å². The molecule has 0 amide bonds. The SMILES string of the molecule is CN(C)c1s[n+](C)c2cc(Cl)ccc12.[I-]. The zero-order valence-corrected chi connectivity index (χ0v) is 12.5. The molecule has 0 spiro atoms. The molecule has 0 radical (unpaired) electrons. The number of hydrogen-bond donors (Lipinski definition) is 0. The molecule has 0 fully saturated rings. The average molecular weight is 355 g/mol. The zero-order chi connectivity index (χ0) is 10.3. The fraction of sp³-hybridized carbons (Fsp3) is 0.300. The first-order chi connectivity index (χ1) is 6.59. The van der Waals surface area contributed by atoms with Gasteiger partial charge in [0.25, 0.3) is 0 Å². The Hall–Kier alpha value is -0.0700. The first-order valence-electron chi connectivity index (χ1n) is 4.35. The van der Waals surface area contributed by atoms with Gasteiger partial charge in [-0.25, -0.2) is 0 Å². The van der Waals surface area contributed by atoms with Gasteiger partial charge in [-0.2, -0.15) is 0 Å². The van der Waals surface area contributed by atoms with Crippen molar-refractivity contribution in [2.75, 3.05) is 19.0 Å². The molecule has 0 saturated heterocycles. The highest BCUT2D eigenvalue weighted by Gasteiger charge is 2.17. The lowest BCUT2D eigenvalue weighted by Gasteiger charge is -2.05. The standard InChI is InChI=1S/C10H12ClN2S.HI/c1-12(2)10-8-5-4-7(11)6-9(8)13(3)14-10;/h4-6H,1-3H3;1H/q+1;/p-1. The molecule has 0 saturated carbocycles. The lowest BCUT2D eigenvalue weighted by Crippen LogP contribution is -3.00. The number of fused-ring (bicyclic) bond motifs is 1. The Bertz CT molecular complexity index is 481. The summed E-state index contributed by atoms with van der Waals surface area (Å²) < 4.78 is 2.14. The highest BCUT2D eigenvalue weighted by Crippen LogP contribution is 2.29. The third kappa shape index (κ3) is 2.37. The van der Waals surface area contributed by atoms with Gasteiger partial charge < -0.3 is 28.9 Å². The second kappa shape index (κ2) is 4.84. The van der Waals surface area contributed by atoms with Crippen molar-refractivity contribution in [3.05, 3.63) is 23.2 Å². The fourth-order valence-electron chi connectivity index (χ4n) is 1.50. The molecule has 2 rings (SSSR count). The van der Waals surface area contributed by atoms with Crippen LogP contribution in [0.15, 0.2) is 18.2 Å². The van der Waals surface area contributed by atoms with Gasteiger partial charge in [-0.05, 0) is 12.1 Å². The number of rotatable bonds is 1. The van der Waals surface area contributed by atoms with Crippen LogP contribution in [0.2, 0.25) is 5.02 Å². The summed E-state index contributed by atoms with van der Waals surface area (Å²) in [7, 11) is 6.16. The molecule has 82 valence electrons. The molecule has 0 bridgehead atoms. The van der Waals surface area contributed by atoms with Crippen molar-refractivity contribution < 1.29 is 27.9 Å². The van der Waals surface area contributed by atoms with Crippen LogP contribution in [0.5, 0.6) is 0 Å². The second-order valence-electron chi connectivity index (χ2n) is 3.45. The third-order valence-electron chi connectivity index (χ3n) is 2.16. The summed E-state index contributed by atoms with van der Waals surface area (Å²) in [5.41, 5.74) is 1.19. The highest BCUT2D eigenvalue weighted by molar-refractivity contribution is 7.07. The largest absolute Gasteiger partial charge is 1.00 e. The topological polar surface area (TPSA) is 7.12 Å². The number of aryl methyl sites for hydroxylation is 1. The van der Waals surface area contributed by atoms with Crippen LogP contribution < -0.4 is 32.8 Å². The van der Waals surface area contributed by atoms with E-state index < -0.39 is 0 Å². The molecule has 2 aromatic rings. The number of hydrogen-bond acceptors (Lipinski definition) is 2. The van der Waals surface area contributed by atoms with E-state index in [9.17, 15) is 0 Å². The minimum atomic E-state index is 0. The molecule has 2 nitrogen and oxygen atoms in total. The summed E-state index contributed by atoms with van der Waals surface area (Å²) in [4.78, 5) is 2.13. The lowest BCUT2D eigenvalue weighted by molar-refractivity contribution is -0.573. The Kier molecular flexibility index (Phi) is 4.20. The van der Waals surface area contributed by atoms with Crippen molar-refractivity contribution in [2.45, 2.75) is 0 Å². The van der Waals surface area contributed by atoms with Crippen LogP contribution in [0.25, 0.3) is 10.9 Å². The summed E-state index contributed by atoms with van der Waals surface area (Å²) in [6.45, 7) is 0.